The van der Waals surface area contributed by atoms with E-state index in [0.29, 0.717) is 12.3 Å². The van der Waals surface area contributed by atoms with Crippen molar-refractivity contribution in [3.8, 4) is 5.75 Å². The number of aryl methyl sites for hydroxylation is 1. The Morgan fingerprint density at radius 3 is 2.65 bits per heavy atom. The van der Waals surface area contributed by atoms with E-state index < -0.39 is 5.97 Å². The van der Waals surface area contributed by atoms with Crippen molar-refractivity contribution in [2.75, 3.05) is 20.2 Å². The molecule has 0 atom stereocenters. The van der Waals surface area contributed by atoms with Crippen molar-refractivity contribution >= 4 is 5.97 Å². The normalized spacial score (nSPS) is 17.1. The molecule has 0 spiro atoms. The largest absolute Gasteiger partial charge is 0.496 e. The SMILES string of the molecule is COc1ccc(CN2CCC(CC(=O)O)CC2)cc1C. The summed E-state index contributed by atoms with van der Waals surface area (Å²) in [5.41, 5.74) is 2.45. The highest BCUT2D eigenvalue weighted by molar-refractivity contribution is 5.67. The van der Waals surface area contributed by atoms with Crippen molar-refractivity contribution in [2.45, 2.75) is 32.7 Å². The van der Waals surface area contributed by atoms with Gasteiger partial charge in [0, 0.05) is 13.0 Å². The third-order valence-electron chi connectivity index (χ3n) is 4.04. The van der Waals surface area contributed by atoms with Gasteiger partial charge in [0.05, 0.1) is 7.11 Å². The zero-order valence-electron chi connectivity index (χ0n) is 12.3. The first-order chi connectivity index (χ1) is 9.58. The van der Waals surface area contributed by atoms with Gasteiger partial charge in [-0.25, -0.2) is 0 Å². The highest BCUT2D eigenvalue weighted by Gasteiger charge is 2.21. The van der Waals surface area contributed by atoms with Crippen molar-refractivity contribution in [3.05, 3.63) is 29.3 Å². The molecular formula is C16H23NO3. The van der Waals surface area contributed by atoms with E-state index in [4.69, 9.17) is 9.84 Å². The number of hydrogen-bond acceptors (Lipinski definition) is 3. The Bertz CT molecular complexity index is 465. The predicted octanol–water partition coefficient (Wildman–Crippen LogP) is 2.69. The first kappa shape index (κ1) is 14.9. The van der Waals surface area contributed by atoms with Crippen LogP contribution in [0.3, 0.4) is 0 Å². The lowest BCUT2D eigenvalue weighted by Crippen LogP contribution is -2.33. The van der Waals surface area contributed by atoms with Crippen molar-refractivity contribution < 1.29 is 14.6 Å². The highest BCUT2D eigenvalue weighted by Crippen LogP contribution is 2.23. The number of hydrogen-bond donors (Lipinski definition) is 1. The van der Waals surface area contributed by atoms with Crippen LogP contribution in [0.15, 0.2) is 18.2 Å². The van der Waals surface area contributed by atoms with Gasteiger partial charge >= 0.3 is 5.97 Å². The molecule has 1 aliphatic rings. The summed E-state index contributed by atoms with van der Waals surface area (Å²) in [4.78, 5) is 13.1. The minimum Gasteiger partial charge on any atom is -0.496 e. The summed E-state index contributed by atoms with van der Waals surface area (Å²) in [7, 11) is 1.69. The number of nitrogens with zero attached hydrogens (tertiary/aromatic N) is 1. The fraction of sp³-hybridized carbons (Fsp3) is 0.562. The maximum absolute atomic E-state index is 10.7. The van der Waals surface area contributed by atoms with Crippen LogP contribution in [0.25, 0.3) is 0 Å². The second-order valence-electron chi connectivity index (χ2n) is 5.62. The molecule has 1 aliphatic heterocycles. The number of rotatable bonds is 5. The van der Waals surface area contributed by atoms with Crippen molar-refractivity contribution in [3.63, 3.8) is 0 Å². The fourth-order valence-corrected chi connectivity index (χ4v) is 2.89. The molecule has 1 aromatic carbocycles. The Hall–Kier alpha value is -1.55. The summed E-state index contributed by atoms with van der Waals surface area (Å²) >= 11 is 0. The van der Waals surface area contributed by atoms with Gasteiger partial charge in [-0.05, 0) is 56.0 Å². The molecule has 0 saturated carbocycles. The summed E-state index contributed by atoms with van der Waals surface area (Å²) in [6.45, 7) is 4.97. The van der Waals surface area contributed by atoms with E-state index >= 15 is 0 Å². The van der Waals surface area contributed by atoms with E-state index in [2.05, 4.69) is 24.0 Å². The van der Waals surface area contributed by atoms with E-state index in [1.54, 1.807) is 7.11 Å². The first-order valence-corrected chi connectivity index (χ1v) is 7.16. The van der Waals surface area contributed by atoms with Gasteiger partial charge in [0.25, 0.3) is 0 Å². The number of methoxy groups -OCH3 is 1. The molecular weight excluding hydrogens is 254 g/mol. The first-order valence-electron chi connectivity index (χ1n) is 7.16. The summed E-state index contributed by atoms with van der Waals surface area (Å²) in [5, 5.41) is 8.82. The topological polar surface area (TPSA) is 49.8 Å². The van der Waals surface area contributed by atoms with Crippen molar-refractivity contribution in [1.82, 2.24) is 4.90 Å². The van der Waals surface area contributed by atoms with Crippen LogP contribution in [-0.4, -0.2) is 36.2 Å². The quantitative estimate of drug-likeness (QED) is 0.899. The zero-order valence-corrected chi connectivity index (χ0v) is 12.3. The molecule has 0 aliphatic carbocycles. The van der Waals surface area contributed by atoms with Gasteiger partial charge in [-0.3, -0.25) is 9.69 Å². The van der Waals surface area contributed by atoms with Gasteiger partial charge in [0.2, 0.25) is 0 Å². The Kier molecular flexibility index (Phi) is 5.01. The molecule has 20 heavy (non-hydrogen) atoms. The zero-order chi connectivity index (χ0) is 14.5. The Labute approximate surface area is 120 Å². The van der Waals surface area contributed by atoms with Crippen LogP contribution in [-0.2, 0) is 11.3 Å². The van der Waals surface area contributed by atoms with Gasteiger partial charge in [0.15, 0.2) is 0 Å². The van der Waals surface area contributed by atoms with E-state index in [1.165, 1.54) is 5.56 Å². The minimum atomic E-state index is -0.672. The van der Waals surface area contributed by atoms with Crippen molar-refractivity contribution in [2.24, 2.45) is 5.92 Å². The molecule has 2 rings (SSSR count). The summed E-state index contributed by atoms with van der Waals surface area (Å²) in [6, 6.07) is 6.29. The Balaban J connectivity index is 1.86. The number of likely N-dealkylation sites (tertiary alicyclic amines) is 1. The lowest BCUT2D eigenvalue weighted by atomic mass is 9.93. The third kappa shape index (κ3) is 3.97. The fourth-order valence-electron chi connectivity index (χ4n) is 2.89. The molecule has 110 valence electrons. The molecule has 1 N–H and O–H groups in total. The molecule has 1 aromatic rings. The number of carboxylic acids is 1. The van der Waals surface area contributed by atoms with Crippen molar-refractivity contribution in [1.29, 1.82) is 0 Å². The molecule has 0 unspecified atom stereocenters. The van der Waals surface area contributed by atoms with Crippen LogP contribution in [0.4, 0.5) is 0 Å². The van der Waals surface area contributed by atoms with Gasteiger partial charge in [-0.1, -0.05) is 12.1 Å². The van der Waals surface area contributed by atoms with Crippen LogP contribution >= 0.6 is 0 Å². The average molecular weight is 277 g/mol. The summed E-state index contributed by atoms with van der Waals surface area (Å²) in [6.07, 6.45) is 2.29. The average Bonchev–Trinajstić information content (AvgIpc) is 2.41. The molecule has 1 heterocycles. The van der Waals surface area contributed by atoms with Gasteiger partial charge in [-0.15, -0.1) is 0 Å². The molecule has 0 amide bonds. The molecule has 1 fully saturated rings. The molecule has 0 radical (unpaired) electrons. The Morgan fingerprint density at radius 2 is 2.10 bits per heavy atom. The maximum atomic E-state index is 10.7. The lowest BCUT2D eigenvalue weighted by molar-refractivity contribution is -0.138. The minimum absolute atomic E-state index is 0.315. The predicted molar refractivity (Wildman–Crippen MR) is 78.0 cm³/mol. The second kappa shape index (κ2) is 6.75. The number of carboxylic acid groups (broad SMARTS) is 1. The van der Waals surface area contributed by atoms with Gasteiger partial charge in [-0.2, -0.15) is 0 Å². The highest BCUT2D eigenvalue weighted by atomic mass is 16.5. The monoisotopic (exact) mass is 277 g/mol. The van der Waals surface area contributed by atoms with Crippen LogP contribution in [0.5, 0.6) is 5.75 Å². The number of benzene rings is 1. The Morgan fingerprint density at radius 1 is 1.40 bits per heavy atom. The van der Waals surface area contributed by atoms with Crippen LogP contribution in [0, 0.1) is 12.8 Å². The molecule has 0 bridgehead atoms. The number of piperidine rings is 1. The van der Waals surface area contributed by atoms with Crippen LogP contribution in [0.2, 0.25) is 0 Å². The van der Waals surface area contributed by atoms with E-state index in [-0.39, 0.29) is 0 Å². The summed E-state index contributed by atoms with van der Waals surface area (Å²) < 4.78 is 5.27. The number of carbonyl (C=O) groups is 1. The standard InChI is InChI=1S/C16H23NO3/c1-12-9-14(3-4-15(12)20-2)11-17-7-5-13(6-8-17)10-16(18)19/h3-4,9,13H,5-8,10-11H2,1-2H3,(H,18,19). The van der Waals surface area contributed by atoms with Crippen LogP contribution in [0.1, 0.15) is 30.4 Å². The lowest BCUT2D eigenvalue weighted by Gasteiger charge is -2.31. The van der Waals surface area contributed by atoms with Gasteiger partial charge in [0.1, 0.15) is 5.75 Å². The smallest absolute Gasteiger partial charge is 0.303 e. The molecule has 0 aromatic heterocycles. The van der Waals surface area contributed by atoms with Crippen LogP contribution < -0.4 is 4.74 Å². The van der Waals surface area contributed by atoms with Gasteiger partial charge < -0.3 is 9.84 Å². The summed E-state index contributed by atoms with van der Waals surface area (Å²) in [5.74, 6) is 0.601. The van der Waals surface area contributed by atoms with E-state index in [0.717, 1.165) is 43.8 Å². The van der Waals surface area contributed by atoms with E-state index in [1.807, 2.05) is 6.07 Å². The number of aliphatic carboxylic acids is 1. The van der Waals surface area contributed by atoms with E-state index in [9.17, 15) is 4.79 Å². The molecule has 1 saturated heterocycles. The maximum Gasteiger partial charge on any atom is 0.303 e. The third-order valence-corrected chi connectivity index (χ3v) is 4.04. The number of ether oxygens (including phenoxy) is 1. The molecule has 4 nitrogen and oxygen atoms in total. The molecule has 4 heteroatoms. The second-order valence-corrected chi connectivity index (χ2v) is 5.62.